The second-order valence-corrected chi connectivity index (χ2v) is 7.72. The van der Waals surface area contributed by atoms with Gasteiger partial charge in [0.05, 0.1) is 22.6 Å². The standard InChI is InChI=1S/C23H19ClFN7O2/c1-12-19(31-23(34)30-16-7-8-18(25)17(24)9-16)10-20-22(27-12)32-21(11-26-20)29-15-5-3-14(4-6-15)28-13(2)33/h3-11H,1-2H3,(H,28,33)(H,27,29,32)(H2,30,31,34). The largest absolute Gasteiger partial charge is 0.339 e. The molecule has 2 aromatic carbocycles. The van der Waals surface area contributed by atoms with Crippen LogP contribution in [0.5, 0.6) is 0 Å². The molecule has 0 spiro atoms. The van der Waals surface area contributed by atoms with Gasteiger partial charge >= 0.3 is 6.03 Å². The number of pyridine rings is 1. The minimum Gasteiger partial charge on any atom is -0.339 e. The molecule has 0 aliphatic rings. The van der Waals surface area contributed by atoms with Crippen LogP contribution in [0.2, 0.25) is 5.02 Å². The van der Waals surface area contributed by atoms with Gasteiger partial charge in [0.2, 0.25) is 5.91 Å². The predicted octanol–water partition coefficient (Wildman–Crippen LogP) is 5.47. The summed E-state index contributed by atoms with van der Waals surface area (Å²) in [5, 5.41) is 11.0. The van der Waals surface area contributed by atoms with E-state index in [1.54, 1.807) is 43.5 Å². The zero-order chi connectivity index (χ0) is 24.2. The number of carbonyl (C=O) groups is 2. The van der Waals surface area contributed by atoms with E-state index in [1.165, 1.54) is 25.1 Å². The van der Waals surface area contributed by atoms with Crippen LogP contribution in [0, 0.1) is 12.7 Å². The molecule has 172 valence electrons. The van der Waals surface area contributed by atoms with E-state index >= 15 is 0 Å². The van der Waals surface area contributed by atoms with Gasteiger partial charge in [-0.15, -0.1) is 0 Å². The van der Waals surface area contributed by atoms with Gasteiger partial charge in [0.15, 0.2) is 11.5 Å². The Labute approximate surface area is 198 Å². The van der Waals surface area contributed by atoms with E-state index in [1.807, 2.05) is 0 Å². The highest BCUT2D eigenvalue weighted by molar-refractivity contribution is 6.31. The molecule has 2 aromatic heterocycles. The molecule has 11 heteroatoms. The van der Waals surface area contributed by atoms with Crippen molar-refractivity contribution in [3.05, 3.63) is 71.3 Å². The molecule has 9 nitrogen and oxygen atoms in total. The molecule has 0 saturated carbocycles. The molecule has 0 saturated heterocycles. The lowest BCUT2D eigenvalue weighted by molar-refractivity contribution is -0.114. The normalized spacial score (nSPS) is 10.6. The Balaban J connectivity index is 1.47. The number of hydrogen-bond acceptors (Lipinski definition) is 6. The van der Waals surface area contributed by atoms with Crippen molar-refractivity contribution in [1.29, 1.82) is 0 Å². The first kappa shape index (κ1) is 22.9. The van der Waals surface area contributed by atoms with Gasteiger partial charge in [0, 0.05) is 24.0 Å². The first-order chi connectivity index (χ1) is 16.3. The highest BCUT2D eigenvalue weighted by Gasteiger charge is 2.11. The van der Waals surface area contributed by atoms with Crippen LogP contribution in [-0.2, 0) is 4.79 Å². The average molecular weight is 480 g/mol. The summed E-state index contributed by atoms with van der Waals surface area (Å²) in [6.45, 7) is 3.17. The number of aromatic nitrogens is 3. The molecular weight excluding hydrogens is 461 g/mol. The highest BCUT2D eigenvalue weighted by Crippen LogP contribution is 2.23. The lowest BCUT2D eigenvalue weighted by atomic mass is 10.2. The number of nitrogens with zero attached hydrogens (tertiary/aromatic N) is 3. The van der Waals surface area contributed by atoms with E-state index in [9.17, 15) is 14.0 Å². The van der Waals surface area contributed by atoms with Crippen molar-refractivity contribution in [2.75, 3.05) is 21.3 Å². The molecule has 0 aliphatic heterocycles. The molecule has 0 aliphatic carbocycles. The van der Waals surface area contributed by atoms with Crippen molar-refractivity contribution in [2.24, 2.45) is 0 Å². The van der Waals surface area contributed by atoms with Crippen LogP contribution in [0.4, 0.5) is 37.8 Å². The second-order valence-electron chi connectivity index (χ2n) is 7.31. The number of rotatable bonds is 5. The van der Waals surface area contributed by atoms with Crippen LogP contribution < -0.4 is 21.3 Å². The Bertz CT molecular complexity index is 1400. The first-order valence-corrected chi connectivity index (χ1v) is 10.5. The zero-order valence-electron chi connectivity index (χ0n) is 18.1. The van der Waals surface area contributed by atoms with Crippen molar-refractivity contribution >= 4 is 63.3 Å². The van der Waals surface area contributed by atoms with E-state index in [2.05, 4.69) is 36.2 Å². The van der Waals surface area contributed by atoms with Crippen LogP contribution >= 0.6 is 11.6 Å². The highest BCUT2D eigenvalue weighted by atomic mass is 35.5. The molecule has 4 rings (SSSR count). The van der Waals surface area contributed by atoms with Crippen molar-refractivity contribution < 1.29 is 14.0 Å². The van der Waals surface area contributed by atoms with E-state index in [-0.39, 0.29) is 10.9 Å². The maximum absolute atomic E-state index is 13.3. The predicted molar refractivity (Wildman–Crippen MR) is 130 cm³/mol. The number of benzene rings is 2. The Kier molecular flexibility index (Phi) is 6.51. The fourth-order valence-corrected chi connectivity index (χ4v) is 3.25. The number of amides is 3. The van der Waals surface area contributed by atoms with Gasteiger partial charge in [-0.3, -0.25) is 4.79 Å². The number of carbonyl (C=O) groups excluding carboxylic acids is 2. The molecule has 4 N–H and O–H groups in total. The molecule has 0 atom stereocenters. The summed E-state index contributed by atoms with van der Waals surface area (Å²) < 4.78 is 13.3. The number of nitrogens with one attached hydrogen (secondary N) is 4. The van der Waals surface area contributed by atoms with Gasteiger partial charge in [0.25, 0.3) is 0 Å². The number of fused-ring (bicyclic) bond motifs is 1. The van der Waals surface area contributed by atoms with Crippen LogP contribution in [0.25, 0.3) is 11.2 Å². The molecule has 34 heavy (non-hydrogen) atoms. The Hall–Kier alpha value is -4.31. The van der Waals surface area contributed by atoms with Gasteiger partial charge in [-0.05, 0) is 55.5 Å². The third-order valence-corrected chi connectivity index (χ3v) is 4.92. The molecule has 0 bridgehead atoms. The summed E-state index contributed by atoms with van der Waals surface area (Å²) in [4.78, 5) is 36.8. The maximum atomic E-state index is 13.3. The molecule has 3 amide bonds. The average Bonchev–Trinajstić information content (AvgIpc) is 2.78. The zero-order valence-corrected chi connectivity index (χ0v) is 18.9. The summed E-state index contributed by atoms with van der Waals surface area (Å²) in [5.41, 5.74) is 3.65. The third-order valence-electron chi connectivity index (χ3n) is 4.63. The summed E-state index contributed by atoms with van der Waals surface area (Å²) in [5.74, 6) is -0.233. The molecule has 0 radical (unpaired) electrons. The molecule has 2 heterocycles. The van der Waals surface area contributed by atoms with Crippen molar-refractivity contribution in [1.82, 2.24) is 15.0 Å². The lowest BCUT2D eigenvalue weighted by Crippen LogP contribution is -2.20. The SMILES string of the molecule is CC(=O)Nc1ccc(Nc2cnc3cc(NC(=O)Nc4ccc(F)c(Cl)c4)c(C)nc3n2)cc1. The van der Waals surface area contributed by atoms with Crippen molar-refractivity contribution in [2.45, 2.75) is 13.8 Å². The minimum atomic E-state index is -0.573. The van der Waals surface area contributed by atoms with Gasteiger partial charge < -0.3 is 21.3 Å². The quantitative estimate of drug-likeness (QED) is 0.301. The lowest BCUT2D eigenvalue weighted by Gasteiger charge is -2.11. The smallest absolute Gasteiger partial charge is 0.323 e. The van der Waals surface area contributed by atoms with E-state index < -0.39 is 11.8 Å². The number of aryl methyl sites for hydroxylation is 1. The molecule has 4 aromatic rings. The summed E-state index contributed by atoms with van der Waals surface area (Å²) in [6.07, 6.45) is 1.55. The van der Waals surface area contributed by atoms with Gasteiger partial charge in [-0.2, -0.15) is 0 Å². The van der Waals surface area contributed by atoms with Crippen LogP contribution in [0.1, 0.15) is 12.6 Å². The maximum Gasteiger partial charge on any atom is 0.323 e. The first-order valence-electron chi connectivity index (χ1n) is 10.1. The van der Waals surface area contributed by atoms with Crippen LogP contribution in [0.15, 0.2) is 54.7 Å². The Morgan fingerprint density at radius 1 is 0.912 bits per heavy atom. The van der Waals surface area contributed by atoms with Crippen LogP contribution in [-0.4, -0.2) is 26.9 Å². The van der Waals surface area contributed by atoms with Crippen molar-refractivity contribution in [3.63, 3.8) is 0 Å². The fourth-order valence-electron chi connectivity index (χ4n) is 3.07. The summed E-state index contributed by atoms with van der Waals surface area (Å²) >= 11 is 5.74. The Morgan fingerprint density at radius 2 is 1.62 bits per heavy atom. The van der Waals surface area contributed by atoms with Crippen LogP contribution in [0.3, 0.4) is 0 Å². The Morgan fingerprint density at radius 3 is 2.32 bits per heavy atom. The van der Waals surface area contributed by atoms with Gasteiger partial charge in [0.1, 0.15) is 11.3 Å². The molecule has 0 unspecified atom stereocenters. The number of urea groups is 1. The van der Waals surface area contributed by atoms with Gasteiger partial charge in [-0.1, -0.05) is 11.6 Å². The van der Waals surface area contributed by atoms with E-state index in [4.69, 9.17) is 11.6 Å². The second kappa shape index (κ2) is 9.67. The monoisotopic (exact) mass is 479 g/mol. The number of hydrogen-bond donors (Lipinski definition) is 4. The fraction of sp³-hybridized carbons (Fsp3) is 0.0870. The van der Waals surface area contributed by atoms with Gasteiger partial charge in [-0.25, -0.2) is 24.1 Å². The minimum absolute atomic E-state index is 0.0929. The molecular formula is C23H19ClFN7O2. The van der Waals surface area contributed by atoms with Crippen molar-refractivity contribution in [3.8, 4) is 0 Å². The summed E-state index contributed by atoms with van der Waals surface area (Å²) in [6, 6.07) is 12.1. The topological polar surface area (TPSA) is 121 Å². The summed E-state index contributed by atoms with van der Waals surface area (Å²) in [7, 11) is 0. The molecule has 0 fully saturated rings. The number of anilines is 5. The third kappa shape index (κ3) is 5.54. The number of halogens is 2. The van der Waals surface area contributed by atoms with E-state index in [0.717, 1.165) is 5.69 Å². The van der Waals surface area contributed by atoms with E-state index in [0.29, 0.717) is 39.7 Å².